The van der Waals surface area contributed by atoms with Crippen LogP contribution in [0, 0.1) is 0 Å². The van der Waals surface area contributed by atoms with Crippen LogP contribution in [0.2, 0.25) is 5.02 Å². The smallest absolute Gasteiger partial charge is 0.0557 e. The first-order valence-corrected chi connectivity index (χ1v) is 4.07. The van der Waals surface area contributed by atoms with Crippen molar-refractivity contribution in [2.75, 3.05) is 13.2 Å². The summed E-state index contributed by atoms with van der Waals surface area (Å²) in [7, 11) is 0. The van der Waals surface area contributed by atoms with Gasteiger partial charge in [-0.3, -0.25) is 0 Å². The lowest BCUT2D eigenvalue weighted by Crippen LogP contribution is -2.24. The lowest BCUT2D eigenvalue weighted by molar-refractivity contribution is 0.00842. The minimum atomic E-state index is 0.604. The molecule has 1 saturated heterocycles. The standard InChI is InChI=1S/C9H9ClO/c10-9-3-1-7(2-4-9)8-5-11-6-8/h1-4,8H,5-6H2. The van der Waals surface area contributed by atoms with E-state index in [1.54, 1.807) is 0 Å². The summed E-state index contributed by atoms with van der Waals surface area (Å²) in [5.41, 5.74) is 1.33. The van der Waals surface area contributed by atoms with Crippen LogP contribution in [-0.2, 0) is 4.74 Å². The first-order valence-electron chi connectivity index (χ1n) is 3.69. The first kappa shape index (κ1) is 7.14. The summed E-state index contributed by atoms with van der Waals surface area (Å²) in [6.07, 6.45) is 0. The van der Waals surface area contributed by atoms with E-state index < -0.39 is 0 Å². The summed E-state index contributed by atoms with van der Waals surface area (Å²) >= 11 is 5.75. The summed E-state index contributed by atoms with van der Waals surface area (Å²) in [5, 5.41) is 0.800. The highest BCUT2D eigenvalue weighted by Crippen LogP contribution is 2.24. The van der Waals surface area contributed by atoms with Gasteiger partial charge < -0.3 is 4.74 Å². The fourth-order valence-electron chi connectivity index (χ4n) is 1.16. The van der Waals surface area contributed by atoms with Gasteiger partial charge >= 0.3 is 0 Å². The van der Waals surface area contributed by atoms with Crippen molar-refractivity contribution in [1.29, 1.82) is 0 Å². The van der Waals surface area contributed by atoms with E-state index in [4.69, 9.17) is 16.3 Å². The Hall–Kier alpha value is -0.530. The Morgan fingerprint density at radius 1 is 1.18 bits per heavy atom. The van der Waals surface area contributed by atoms with Crippen molar-refractivity contribution in [2.24, 2.45) is 0 Å². The average molecular weight is 169 g/mol. The molecule has 0 amide bonds. The molecule has 1 aromatic rings. The molecule has 1 heterocycles. The van der Waals surface area contributed by atoms with Gasteiger partial charge in [-0.2, -0.15) is 0 Å². The van der Waals surface area contributed by atoms with Crippen LogP contribution in [0.25, 0.3) is 0 Å². The highest BCUT2D eigenvalue weighted by atomic mass is 35.5. The summed E-state index contributed by atoms with van der Waals surface area (Å²) < 4.78 is 5.09. The van der Waals surface area contributed by atoms with Gasteiger partial charge in [0.25, 0.3) is 0 Å². The van der Waals surface area contributed by atoms with Gasteiger partial charge in [0.15, 0.2) is 0 Å². The Labute approximate surface area is 70.9 Å². The second-order valence-electron chi connectivity index (χ2n) is 2.79. The molecule has 0 aromatic heterocycles. The molecule has 1 aliphatic heterocycles. The second kappa shape index (κ2) is 2.84. The topological polar surface area (TPSA) is 9.23 Å². The van der Waals surface area contributed by atoms with Crippen LogP contribution < -0.4 is 0 Å². The van der Waals surface area contributed by atoms with Crippen molar-refractivity contribution in [1.82, 2.24) is 0 Å². The first-order chi connectivity index (χ1) is 5.36. The molecule has 1 nitrogen and oxygen atoms in total. The van der Waals surface area contributed by atoms with E-state index in [0.29, 0.717) is 5.92 Å². The number of ether oxygens (including phenoxy) is 1. The molecule has 2 heteroatoms. The monoisotopic (exact) mass is 168 g/mol. The molecule has 1 fully saturated rings. The van der Waals surface area contributed by atoms with Crippen LogP contribution in [0.3, 0.4) is 0 Å². The van der Waals surface area contributed by atoms with E-state index in [-0.39, 0.29) is 0 Å². The minimum Gasteiger partial charge on any atom is -0.380 e. The third kappa shape index (κ3) is 1.39. The largest absolute Gasteiger partial charge is 0.380 e. The Morgan fingerprint density at radius 3 is 2.27 bits per heavy atom. The van der Waals surface area contributed by atoms with Crippen molar-refractivity contribution in [3.05, 3.63) is 34.9 Å². The summed E-state index contributed by atoms with van der Waals surface area (Å²) in [4.78, 5) is 0. The van der Waals surface area contributed by atoms with Gasteiger partial charge in [-0.1, -0.05) is 23.7 Å². The highest BCUT2D eigenvalue weighted by molar-refractivity contribution is 6.30. The Balaban J connectivity index is 2.18. The molecule has 0 unspecified atom stereocenters. The second-order valence-corrected chi connectivity index (χ2v) is 3.22. The Morgan fingerprint density at radius 2 is 1.82 bits per heavy atom. The molecule has 0 aliphatic carbocycles. The molecule has 1 aliphatic rings. The lowest BCUT2D eigenvalue weighted by Gasteiger charge is -2.26. The van der Waals surface area contributed by atoms with Gasteiger partial charge in [0.2, 0.25) is 0 Å². The predicted molar refractivity (Wildman–Crippen MR) is 45.0 cm³/mol. The van der Waals surface area contributed by atoms with E-state index >= 15 is 0 Å². The number of rotatable bonds is 1. The molecule has 1 aromatic carbocycles. The van der Waals surface area contributed by atoms with Crippen LogP contribution in [0.5, 0.6) is 0 Å². The van der Waals surface area contributed by atoms with Gasteiger partial charge in [0.05, 0.1) is 13.2 Å². The van der Waals surface area contributed by atoms with Crippen LogP contribution in [-0.4, -0.2) is 13.2 Å². The summed E-state index contributed by atoms with van der Waals surface area (Å²) in [5.74, 6) is 0.604. The highest BCUT2D eigenvalue weighted by Gasteiger charge is 2.19. The quantitative estimate of drug-likeness (QED) is 0.626. The van der Waals surface area contributed by atoms with E-state index in [1.807, 2.05) is 12.1 Å². The molecule has 0 radical (unpaired) electrons. The molecule has 11 heavy (non-hydrogen) atoms. The van der Waals surface area contributed by atoms with E-state index in [1.165, 1.54) is 5.56 Å². The van der Waals surface area contributed by atoms with Gasteiger partial charge in [0, 0.05) is 10.9 Å². The van der Waals surface area contributed by atoms with E-state index in [0.717, 1.165) is 18.2 Å². The maximum atomic E-state index is 5.75. The van der Waals surface area contributed by atoms with Crippen LogP contribution in [0.15, 0.2) is 24.3 Å². The van der Waals surface area contributed by atoms with Gasteiger partial charge in [-0.25, -0.2) is 0 Å². The molecule has 0 N–H and O–H groups in total. The van der Waals surface area contributed by atoms with Gasteiger partial charge in [-0.05, 0) is 17.7 Å². The number of hydrogen-bond donors (Lipinski definition) is 0. The zero-order chi connectivity index (χ0) is 7.68. The van der Waals surface area contributed by atoms with Crippen molar-refractivity contribution in [3.63, 3.8) is 0 Å². The van der Waals surface area contributed by atoms with Crippen LogP contribution >= 0.6 is 11.6 Å². The lowest BCUT2D eigenvalue weighted by atomic mass is 9.98. The van der Waals surface area contributed by atoms with Crippen LogP contribution in [0.1, 0.15) is 11.5 Å². The molecule has 0 saturated carbocycles. The van der Waals surface area contributed by atoms with Crippen molar-refractivity contribution in [2.45, 2.75) is 5.92 Å². The molecule has 0 atom stereocenters. The maximum absolute atomic E-state index is 5.75. The van der Waals surface area contributed by atoms with Gasteiger partial charge in [-0.15, -0.1) is 0 Å². The zero-order valence-electron chi connectivity index (χ0n) is 6.09. The normalized spacial score (nSPS) is 17.9. The summed E-state index contributed by atoms with van der Waals surface area (Å²) in [6.45, 7) is 1.73. The number of hydrogen-bond acceptors (Lipinski definition) is 1. The number of halogens is 1. The molecular formula is C9H9ClO. The molecule has 0 spiro atoms. The van der Waals surface area contributed by atoms with Crippen molar-refractivity contribution in [3.8, 4) is 0 Å². The summed E-state index contributed by atoms with van der Waals surface area (Å²) in [6, 6.07) is 7.98. The Kier molecular flexibility index (Phi) is 1.84. The zero-order valence-corrected chi connectivity index (χ0v) is 6.84. The third-order valence-corrected chi connectivity index (χ3v) is 2.23. The predicted octanol–water partition coefficient (Wildman–Crippen LogP) is 2.45. The average Bonchev–Trinajstić information content (AvgIpc) is 1.90. The van der Waals surface area contributed by atoms with Crippen LogP contribution in [0.4, 0.5) is 0 Å². The fraction of sp³-hybridized carbons (Fsp3) is 0.333. The van der Waals surface area contributed by atoms with E-state index in [2.05, 4.69) is 12.1 Å². The van der Waals surface area contributed by atoms with Crippen molar-refractivity contribution < 1.29 is 4.74 Å². The fourth-order valence-corrected chi connectivity index (χ4v) is 1.29. The Bertz CT molecular complexity index is 238. The van der Waals surface area contributed by atoms with Gasteiger partial charge in [0.1, 0.15) is 0 Å². The van der Waals surface area contributed by atoms with Crippen molar-refractivity contribution >= 4 is 11.6 Å². The third-order valence-electron chi connectivity index (χ3n) is 1.98. The number of benzene rings is 1. The molecular weight excluding hydrogens is 160 g/mol. The SMILES string of the molecule is Clc1ccc(C2COC2)cc1. The minimum absolute atomic E-state index is 0.604. The molecule has 0 bridgehead atoms. The van der Waals surface area contributed by atoms with E-state index in [9.17, 15) is 0 Å². The maximum Gasteiger partial charge on any atom is 0.0557 e. The molecule has 2 rings (SSSR count). The molecule has 58 valence electrons.